The lowest BCUT2D eigenvalue weighted by molar-refractivity contribution is 0.102. The van der Waals surface area contributed by atoms with Crippen molar-refractivity contribution in [3.63, 3.8) is 0 Å². The summed E-state index contributed by atoms with van der Waals surface area (Å²) >= 11 is 1.47. The highest BCUT2D eigenvalue weighted by molar-refractivity contribution is 8.00. The Balaban J connectivity index is 1.99. The molecule has 0 bridgehead atoms. The number of para-hydroxylation sites is 1. The maximum atomic E-state index is 12.0. The maximum absolute atomic E-state index is 12.0. The second-order valence-corrected chi connectivity index (χ2v) is 5.21. The molecule has 0 spiro atoms. The van der Waals surface area contributed by atoms with E-state index in [2.05, 4.69) is 5.32 Å². The number of amidine groups is 1. The van der Waals surface area contributed by atoms with Crippen LogP contribution in [0.5, 0.6) is 0 Å². The van der Waals surface area contributed by atoms with Gasteiger partial charge in [-0.25, -0.2) is 0 Å². The van der Waals surface area contributed by atoms with E-state index in [1.54, 1.807) is 12.1 Å². The van der Waals surface area contributed by atoms with Crippen molar-refractivity contribution in [3.8, 4) is 0 Å². The third-order valence-corrected chi connectivity index (χ3v) is 3.60. The van der Waals surface area contributed by atoms with Gasteiger partial charge in [-0.1, -0.05) is 18.2 Å². The summed E-state index contributed by atoms with van der Waals surface area (Å²) in [5.41, 5.74) is 6.67. The fourth-order valence-corrected chi connectivity index (χ4v) is 2.24. The maximum Gasteiger partial charge on any atom is 0.255 e. The first-order valence-corrected chi connectivity index (χ1v) is 7.06. The first kappa shape index (κ1) is 14.1. The zero-order valence-electron chi connectivity index (χ0n) is 10.8. The van der Waals surface area contributed by atoms with Crippen LogP contribution in [-0.2, 0) is 0 Å². The summed E-state index contributed by atoms with van der Waals surface area (Å²) < 4.78 is 0. The minimum absolute atomic E-state index is 0.140. The van der Waals surface area contributed by atoms with Gasteiger partial charge in [0.25, 0.3) is 5.91 Å². The number of hydrogen-bond acceptors (Lipinski definition) is 3. The number of nitrogens with two attached hydrogens (primary N) is 1. The minimum atomic E-state index is -0.140. The molecular weight excluding hydrogens is 270 g/mol. The fourth-order valence-electron chi connectivity index (χ4n) is 1.59. The molecule has 0 saturated heterocycles. The SMILES string of the molecule is N=C(N)CSc1ccc(C(=O)Nc2ccccc2)cc1. The molecule has 0 heterocycles. The molecule has 0 atom stereocenters. The summed E-state index contributed by atoms with van der Waals surface area (Å²) in [5.74, 6) is 0.454. The Morgan fingerprint density at radius 1 is 1.10 bits per heavy atom. The fraction of sp³-hybridized carbons (Fsp3) is 0.0667. The van der Waals surface area contributed by atoms with Crippen molar-refractivity contribution in [3.05, 3.63) is 60.2 Å². The predicted octanol–water partition coefficient (Wildman–Crippen LogP) is 2.97. The molecule has 5 heteroatoms. The van der Waals surface area contributed by atoms with Crippen molar-refractivity contribution in [2.24, 2.45) is 5.73 Å². The number of nitrogens with one attached hydrogen (secondary N) is 2. The third-order valence-electron chi connectivity index (χ3n) is 2.54. The molecule has 0 aliphatic heterocycles. The van der Waals surface area contributed by atoms with E-state index in [4.69, 9.17) is 11.1 Å². The molecule has 2 rings (SSSR count). The predicted molar refractivity (Wildman–Crippen MR) is 83.5 cm³/mol. The van der Waals surface area contributed by atoms with Crippen LogP contribution in [0.4, 0.5) is 5.69 Å². The van der Waals surface area contributed by atoms with E-state index >= 15 is 0 Å². The molecule has 0 radical (unpaired) electrons. The van der Waals surface area contributed by atoms with Crippen LogP contribution in [0.2, 0.25) is 0 Å². The van der Waals surface area contributed by atoms with Crippen molar-refractivity contribution in [2.45, 2.75) is 4.90 Å². The average molecular weight is 285 g/mol. The number of carbonyl (C=O) groups excluding carboxylic acids is 1. The molecule has 0 aliphatic carbocycles. The van der Waals surface area contributed by atoms with E-state index in [-0.39, 0.29) is 11.7 Å². The van der Waals surface area contributed by atoms with E-state index in [0.717, 1.165) is 10.6 Å². The molecular formula is C15H15N3OS. The van der Waals surface area contributed by atoms with Crippen LogP contribution in [0.15, 0.2) is 59.5 Å². The number of hydrogen-bond donors (Lipinski definition) is 3. The van der Waals surface area contributed by atoms with Gasteiger partial charge in [0, 0.05) is 16.1 Å². The van der Waals surface area contributed by atoms with E-state index in [1.807, 2.05) is 42.5 Å². The molecule has 4 N–H and O–H groups in total. The Hall–Kier alpha value is -2.27. The molecule has 1 amide bonds. The highest BCUT2D eigenvalue weighted by Gasteiger charge is 2.05. The number of anilines is 1. The third kappa shape index (κ3) is 4.13. The normalized spacial score (nSPS) is 10.0. The van der Waals surface area contributed by atoms with E-state index < -0.39 is 0 Å². The lowest BCUT2D eigenvalue weighted by Gasteiger charge is -2.06. The number of rotatable bonds is 5. The Bertz CT molecular complexity index is 596. The quantitative estimate of drug-likeness (QED) is 0.449. The van der Waals surface area contributed by atoms with Gasteiger partial charge in [-0.3, -0.25) is 10.2 Å². The van der Waals surface area contributed by atoms with Crippen LogP contribution in [0.3, 0.4) is 0 Å². The molecule has 0 saturated carbocycles. The standard InChI is InChI=1S/C15H15N3OS/c16-14(17)10-20-13-8-6-11(7-9-13)15(19)18-12-4-2-1-3-5-12/h1-9H,10H2,(H3,16,17)(H,18,19). The van der Waals surface area contributed by atoms with Crippen molar-refractivity contribution in [1.29, 1.82) is 5.41 Å². The zero-order valence-corrected chi connectivity index (χ0v) is 11.6. The van der Waals surface area contributed by atoms with Gasteiger partial charge in [-0.2, -0.15) is 0 Å². The zero-order chi connectivity index (χ0) is 14.4. The van der Waals surface area contributed by atoms with Crippen LogP contribution in [-0.4, -0.2) is 17.5 Å². The first-order valence-electron chi connectivity index (χ1n) is 6.07. The summed E-state index contributed by atoms with van der Waals surface area (Å²) in [4.78, 5) is 13.0. The van der Waals surface area contributed by atoms with Gasteiger partial charge >= 0.3 is 0 Å². The van der Waals surface area contributed by atoms with Gasteiger partial charge in [-0.05, 0) is 36.4 Å². The van der Waals surface area contributed by atoms with Gasteiger partial charge in [0.1, 0.15) is 5.84 Å². The number of carbonyl (C=O) groups is 1. The molecule has 0 aromatic heterocycles. The average Bonchev–Trinajstić information content (AvgIpc) is 2.46. The topological polar surface area (TPSA) is 79.0 Å². The van der Waals surface area contributed by atoms with E-state index in [9.17, 15) is 4.79 Å². The van der Waals surface area contributed by atoms with Gasteiger partial charge in [0.2, 0.25) is 0 Å². The second-order valence-electron chi connectivity index (χ2n) is 4.16. The molecule has 2 aromatic rings. The first-order chi connectivity index (χ1) is 9.65. The molecule has 0 aliphatic rings. The van der Waals surface area contributed by atoms with Crippen LogP contribution >= 0.6 is 11.8 Å². The largest absolute Gasteiger partial charge is 0.387 e. The Morgan fingerprint density at radius 2 is 1.75 bits per heavy atom. The summed E-state index contributed by atoms with van der Waals surface area (Å²) in [6.07, 6.45) is 0. The number of benzene rings is 2. The Morgan fingerprint density at radius 3 is 2.35 bits per heavy atom. The Kier molecular flexibility index (Phi) is 4.79. The van der Waals surface area contributed by atoms with Gasteiger partial charge in [0.05, 0.1) is 5.75 Å². The van der Waals surface area contributed by atoms with Crippen LogP contribution in [0.1, 0.15) is 10.4 Å². The molecule has 0 fully saturated rings. The van der Waals surface area contributed by atoms with E-state index in [0.29, 0.717) is 11.3 Å². The monoisotopic (exact) mass is 285 g/mol. The summed E-state index contributed by atoms with van der Waals surface area (Å²) in [6.45, 7) is 0. The van der Waals surface area contributed by atoms with Gasteiger partial charge in [-0.15, -0.1) is 11.8 Å². The van der Waals surface area contributed by atoms with Crippen LogP contribution in [0, 0.1) is 5.41 Å². The highest BCUT2D eigenvalue weighted by Crippen LogP contribution is 2.18. The molecule has 2 aromatic carbocycles. The Labute approximate surface area is 121 Å². The van der Waals surface area contributed by atoms with Gasteiger partial charge in [0.15, 0.2) is 0 Å². The smallest absolute Gasteiger partial charge is 0.255 e. The van der Waals surface area contributed by atoms with Gasteiger partial charge < -0.3 is 11.1 Å². The molecule has 20 heavy (non-hydrogen) atoms. The van der Waals surface area contributed by atoms with Crippen LogP contribution < -0.4 is 11.1 Å². The highest BCUT2D eigenvalue weighted by atomic mass is 32.2. The van der Waals surface area contributed by atoms with Crippen molar-refractivity contribution < 1.29 is 4.79 Å². The molecule has 102 valence electrons. The molecule has 4 nitrogen and oxygen atoms in total. The van der Waals surface area contributed by atoms with Crippen LogP contribution in [0.25, 0.3) is 0 Å². The number of thioether (sulfide) groups is 1. The van der Waals surface area contributed by atoms with Crippen molar-refractivity contribution >= 4 is 29.2 Å². The molecule has 0 unspecified atom stereocenters. The summed E-state index contributed by atoms with van der Waals surface area (Å²) in [7, 11) is 0. The van der Waals surface area contributed by atoms with Crippen molar-refractivity contribution in [1.82, 2.24) is 0 Å². The number of amides is 1. The van der Waals surface area contributed by atoms with E-state index in [1.165, 1.54) is 11.8 Å². The summed E-state index contributed by atoms with van der Waals surface area (Å²) in [6, 6.07) is 16.6. The lowest BCUT2D eigenvalue weighted by atomic mass is 10.2. The second kappa shape index (κ2) is 6.77. The summed E-state index contributed by atoms with van der Waals surface area (Å²) in [5, 5.41) is 10.00. The lowest BCUT2D eigenvalue weighted by Crippen LogP contribution is -2.12. The minimum Gasteiger partial charge on any atom is -0.387 e. The van der Waals surface area contributed by atoms with Crippen molar-refractivity contribution in [2.75, 3.05) is 11.1 Å².